The van der Waals surface area contributed by atoms with Crippen molar-refractivity contribution >= 4 is 47.3 Å². The zero-order valence-electron chi connectivity index (χ0n) is 10.6. The molecule has 1 amide bonds. The van der Waals surface area contributed by atoms with E-state index in [1.807, 2.05) is 6.92 Å². The van der Waals surface area contributed by atoms with Gasteiger partial charge in [-0.15, -0.1) is 0 Å². The Kier molecular flexibility index (Phi) is 4.73. The Hall–Kier alpha value is -0.630. The summed E-state index contributed by atoms with van der Waals surface area (Å²) in [6.45, 7) is 2.53. The number of anilines is 1. The molecule has 5 nitrogen and oxygen atoms in total. The molecule has 110 valence electrons. The monoisotopic (exact) mass is 381 g/mol. The van der Waals surface area contributed by atoms with Gasteiger partial charge in [0.25, 0.3) is 15.0 Å². The van der Waals surface area contributed by atoms with Crippen molar-refractivity contribution in [2.24, 2.45) is 5.92 Å². The molecule has 0 radical (unpaired) electrons. The maximum absolute atomic E-state index is 12.1. The molecule has 0 spiro atoms. The Morgan fingerprint density at radius 1 is 1.50 bits per heavy atom. The van der Waals surface area contributed by atoms with Gasteiger partial charge in [0, 0.05) is 21.8 Å². The summed E-state index contributed by atoms with van der Waals surface area (Å²) < 4.78 is 28.2. The van der Waals surface area contributed by atoms with E-state index in [2.05, 4.69) is 21.2 Å². The molecule has 1 fully saturated rings. The molecule has 20 heavy (non-hydrogen) atoms. The molecule has 1 aliphatic heterocycles. The average Bonchev–Trinajstić information content (AvgIpc) is 2.76. The van der Waals surface area contributed by atoms with Gasteiger partial charge in [0.15, 0.2) is 0 Å². The first kappa shape index (κ1) is 15.8. The molecule has 2 atom stereocenters. The zero-order valence-corrected chi connectivity index (χ0v) is 13.8. The first-order valence-electron chi connectivity index (χ1n) is 5.95. The first-order valence-corrected chi connectivity index (χ1v) is 9.06. The predicted octanol–water partition coefficient (Wildman–Crippen LogP) is 2.74. The third-order valence-electron chi connectivity index (χ3n) is 3.13. The first-order chi connectivity index (χ1) is 9.29. The summed E-state index contributed by atoms with van der Waals surface area (Å²) in [5, 5.41) is 2.71. The molecule has 0 bridgehead atoms. The van der Waals surface area contributed by atoms with Gasteiger partial charge in [-0.1, -0.05) is 6.92 Å². The topological polar surface area (TPSA) is 72.5 Å². The van der Waals surface area contributed by atoms with E-state index < -0.39 is 15.2 Å². The lowest BCUT2D eigenvalue weighted by atomic mass is 10.0. The van der Waals surface area contributed by atoms with Crippen LogP contribution in [0.5, 0.6) is 0 Å². The van der Waals surface area contributed by atoms with Crippen molar-refractivity contribution in [3.8, 4) is 0 Å². The highest BCUT2D eigenvalue weighted by atomic mass is 79.9. The number of carbonyl (C=O) groups is 1. The summed E-state index contributed by atoms with van der Waals surface area (Å²) in [4.78, 5) is 12.0. The van der Waals surface area contributed by atoms with Crippen molar-refractivity contribution in [1.29, 1.82) is 0 Å². The van der Waals surface area contributed by atoms with Crippen LogP contribution in [0.2, 0.25) is 0 Å². The van der Waals surface area contributed by atoms with Crippen molar-refractivity contribution in [1.82, 2.24) is 0 Å². The zero-order chi connectivity index (χ0) is 14.9. The summed E-state index contributed by atoms with van der Waals surface area (Å²) in [6, 6.07) is 4.16. The van der Waals surface area contributed by atoms with Crippen LogP contribution in [0.3, 0.4) is 0 Å². The molecule has 1 N–H and O–H groups in total. The van der Waals surface area contributed by atoms with Gasteiger partial charge in [0.2, 0.25) is 0 Å². The Morgan fingerprint density at radius 2 is 2.20 bits per heavy atom. The van der Waals surface area contributed by atoms with Crippen molar-refractivity contribution in [3.05, 3.63) is 22.7 Å². The Balaban J connectivity index is 2.16. The van der Waals surface area contributed by atoms with Crippen LogP contribution < -0.4 is 5.32 Å². The minimum atomic E-state index is -3.79. The third-order valence-corrected chi connectivity index (χ3v) is 5.13. The highest BCUT2D eigenvalue weighted by Gasteiger charge is 2.31. The second-order valence-corrected chi connectivity index (χ2v) is 8.05. The van der Waals surface area contributed by atoms with Crippen LogP contribution in [0, 0.1) is 5.92 Å². The number of hydrogen-bond acceptors (Lipinski definition) is 4. The molecule has 1 aromatic carbocycles. The van der Waals surface area contributed by atoms with Crippen LogP contribution in [0.4, 0.5) is 5.69 Å². The van der Waals surface area contributed by atoms with E-state index in [9.17, 15) is 13.2 Å². The SMILES string of the molecule is CC1CCOC1C(=O)Nc1ccc(S(=O)(=O)Cl)cc1Br. The second kappa shape index (κ2) is 6.01. The summed E-state index contributed by atoms with van der Waals surface area (Å²) >= 11 is 3.21. The molecule has 1 aliphatic rings. The Morgan fingerprint density at radius 3 is 2.70 bits per heavy atom. The number of nitrogens with one attached hydrogen (secondary N) is 1. The molecule has 8 heteroatoms. The summed E-state index contributed by atoms with van der Waals surface area (Å²) in [6.07, 6.45) is 0.376. The lowest BCUT2D eigenvalue weighted by Gasteiger charge is -2.15. The van der Waals surface area contributed by atoms with Crippen LogP contribution in [-0.2, 0) is 18.6 Å². The molecule has 1 heterocycles. The largest absolute Gasteiger partial charge is 0.368 e. The van der Waals surface area contributed by atoms with Crippen molar-refractivity contribution in [2.75, 3.05) is 11.9 Å². The fraction of sp³-hybridized carbons (Fsp3) is 0.417. The van der Waals surface area contributed by atoms with E-state index in [0.717, 1.165) is 6.42 Å². The second-order valence-electron chi connectivity index (χ2n) is 4.63. The van der Waals surface area contributed by atoms with Crippen LogP contribution in [0.25, 0.3) is 0 Å². The van der Waals surface area contributed by atoms with E-state index in [0.29, 0.717) is 16.8 Å². The maximum Gasteiger partial charge on any atom is 0.261 e. The summed E-state index contributed by atoms with van der Waals surface area (Å²) in [5.41, 5.74) is 0.474. The molecule has 1 saturated heterocycles. The molecule has 2 rings (SSSR count). The van der Waals surface area contributed by atoms with Gasteiger partial charge in [-0.25, -0.2) is 8.42 Å². The number of benzene rings is 1. The number of ether oxygens (including phenoxy) is 1. The van der Waals surface area contributed by atoms with Gasteiger partial charge in [-0.2, -0.15) is 0 Å². The van der Waals surface area contributed by atoms with Gasteiger partial charge in [0.1, 0.15) is 6.10 Å². The third kappa shape index (κ3) is 3.52. The number of hydrogen-bond donors (Lipinski definition) is 1. The predicted molar refractivity (Wildman–Crippen MR) is 79.3 cm³/mol. The highest BCUT2D eigenvalue weighted by Crippen LogP contribution is 2.28. The molecule has 0 saturated carbocycles. The molecular formula is C12H13BrClNO4S. The lowest BCUT2D eigenvalue weighted by Crippen LogP contribution is -2.31. The van der Waals surface area contributed by atoms with Crippen LogP contribution in [-0.4, -0.2) is 27.0 Å². The van der Waals surface area contributed by atoms with E-state index in [1.54, 1.807) is 0 Å². The quantitative estimate of drug-likeness (QED) is 0.816. The molecule has 0 aromatic heterocycles. The number of halogens is 2. The van der Waals surface area contributed by atoms with Gasteiger partial charge in [-0.05, 0) is 46.5 Å². The van der Waals surface area contributed by atoms with E-state index in [1.165, 1.54) is 18.2 Å². The van der Waals surface area contributed by atoms with Crippen molar-refractivity contribution in [3.63, 3.8) is 0 Å². The van der Waals surface area contributed by atoms with Gasteiger partial charge in [0.05, 0.1) is 10.6 Å². The fourth-order valence-corrected chi connectivity index (χ4v) is 3.39. The van der Waals surface area contributed by atoms with Crippen LogP contribution in [0.15, 0.2) is 27.6 Å². The summed E-state index contributed by atoms with van der Waals surface area (Å²) in [5.74, 6) is -0.0755. The smallest absolute Gasteiger partial charge is 0.261 e. The molecule has 1 aromatic rings. The molecule has 0 aliphatic carbocycles. The Bertz CT molecular complexity index is 634. The summed E-state index contributed by atoms with van der Waals surface area (Å²) in [7, 11) is 1.47. The van der Waals surface area contributed by atoms with Crippen LogP contribution in [0.1, 0.15) is 13.3 Å². The number of rotatable bonds is 3. The minimum Gasteiger partial charge on any atom is -0.368 e. The van der Waals surface area contributed by atoms with E-state index in [-0.39, 0.29) is 16.7 Å². The maximum atomic E-state index is 12.1. The van der Waals surface area contributed by atoms with Crippen molar-refractivity contribution < 1.29 is 17.9 Å². The van der Waals surface area contributed by atoms with Gasteiger partial charge in [-0.3, -0.25) is 4.79 Å². The molecule has 2 unspecified atom stereocenters. The minimum absolute atomic E-state index is 0.0328. The van der Waals surface area contributed by atoms with Crippen molar-refractivity contribution in [2.45, 2.75) is 24.3 Å². The highest BCUT2D eigenvalue weighted by molar-refractivity contribution is 9.10. The van der Waals surface area contributed by atoms with Crippen LogP contribution >= 0.6 is 26.6 Å². The average molecular weight is 383 g/mol. The van der Waals surface area contributed by atoms with E-state index in [4.69, 9.17) is 15.4 Å². The normalized spacial score (nSPS) is 22.8. The van der Waals surface area contributed by atoms with E-state index >= 15 is 0 Å². The van der Waals surface area contributed by atoms with Gasteiger partial charge >= 0.3 is 0 Å². The Labute approximate surface area is 130 Å². The standard InChI is InChI=1S/C12H13BrClNO4S/c1-7-4-5-19-11(7)12(16)15-10-3-2-8(6-9(10)13)20(14,17)18/h2-3,6-7,11H,4-5H2,1H3,(H,15,16). The molecular weight excluding hydrogens is 370 g/mol. The lowest BCUT2D eigenvalue weighted by molar-refractivity contribution is -0.126. The fourth-order valence-electron chi connectivity index (χ4n) is 1.98. The number of amides is 1. The number of carbonyl (C=O) groups excluding carboxylic acids is 1. The van der Waals surface area contributed by atoms with Gasteiger partial charge < -0.3 is 10.1 Å².